The van der Waals surface area contributed by atoms with Gasteiger partial charge in [0.1, 0.15) is 5.78 Å². The van der Waals surface area contributed by atoms with E-state index in [2.05, 4.69) is 6.92 Å². The third-order valence-corrected chi connectivity index (χ3v) is 11.8. The fraction of sp³-hybridized carbons (Fsp3) is 0.806. The molecule has 2 fully saturated rings. The first-order valence-electron chi connectivity index (χ1n) is 14.2. The van der Waals surface area contributed by atoms with Crippen LogP contribution in [0.4, 0.5) is 0 Å². The molecule has 0 aromatic carbocycles. The SMILES string of the molecule is COC(=O)[C@H](C)CC(=O)C[C@@H](C)[C@H]1C[C@H](O)[C@@]2(C)C3=C(C(=O)C[C@]12C)[C@@]1(C)CC[C@H](O)C(C)(C)[C@@H]1CC3=O. The standard InChI is InChI=1S/C31H46O7/c1-16(11-18(32)12-17(2)27(37)38-8)19-13-24(36)31(7)26-20(33)14-22-28(3,4)23(35)9-10-29(22,5)25(26)21(34)15-30(19,31)6/h16-17,19,22-24,35-36H,9-15H2,1-8H3/t16-,17-,19-,22+,23+,24+,29+,30-,31+/m1/s1. The minimum Gasteiger partial charge on any atom is -0.469 e. The Labute approximate surface area is 226 Å². The molecule has 38 heavy (non-hydrogen) atoms. The molecule has 0 aromatic rings. The highest BCUT2D eigenvalue weighted by molar-refractivity contribution is 6.11. The molecule has 0 spiro atoms. The molecule has 0 saturated heterocycles. The van der Waals surface area contributed by atoms with E-state index in [1.54, 1.807) is 6.92 Å². The molecule has 7 nitrogen and oxygen atoms in total. The summed E-state index contributed by atoms with van der Waals surface area (Å²) in [5, 5.41) is 22.4. The molecule has 7 heteroatoms. The van der Waals surface area contributed by atoms with Crippen LogP contribution in [-0.2, 0) is 23.9 Å². The molecule has 0 aliphatic heterocycles. The molecule has 0 bridgehead atoms. The summed E-state index contributed by atoms with van der Waals surface area (Å²) in [5.74, 6) is -1.51. The van der Waals surface area contributed by atoms with Crippen LogP contribution in [-0.4, -0.2) is 52.8 Å². The van der Waals surface area contributed by atoms with Crippen LogP contribution in [0.1, 0.15) is 93.4 Å². The van der Waals surface area contributed by atoms with Gasteiger partial charge >= 0.3 is 5.97 Å². The van der Waals surface area contributed by atoms with Gasteiger partial charge in [-0.15, -0.1) is 0 Å². The second-order valence-corrected chi connectivity index (χ2v) is 14.1. The van der Waals surface area contributed by atoms with Gasteiger partial charge in [0.15, 0.2) is 11.6 Å². The Balaban J connectivity index is 1.71. The third kappa shape index (κ3) is 3.89. The number of rotatable bonds is 6. The van der Waals surface area contributed by atoms with Crippen molar-refractivity contribution >= 4 is 23.3 Å². The number of ketones is 3. The summed E-state index contributed by atoms with van der Waals surface area (Å²) < 4.78 is 4.76. The zero-order chi connectivity index (χ0) is 28.6. The smallest absolute Gasteiger partial charge is 0.308 e. The van der Waals surface area contributed by atoms with Crippen LogP contribution in [0.25, 0.3) is 0 Å². The maximum absolute atomic E-state index is 14.1. The molecule has 4 aliphatic carbocycles. The highest BCUT2D eigenvalue weighted by Gasteiger charge is 2.70. The average Bonchev–Trinajstić information content (AvgIpc) is 3.03. The van der Waals surface area contributed by atoms with Gasteiger partial charge in [-0.2, -0.15) is 0 Å². The molecule has 2 N–H and O–H groups in total. The van der Waals surface area contributed by atoms with Crippen molar-refractivity contribution in [3.63, 3.8) is 0 Å². The van der Waals surface area contributed by atoms with Crippen LogP contribution < -0.4 is 0 Å². The molecular formula is C31H46O7. The van der Waals surface area contributed by atoms with Gasteiger partial charge in [-0.1, -0.05) is 48.5 Å². The van der Waals surface area contributed by atoms with Gasteiger partial charge in [0.25, 0.3) is 0 Å². The van der Waals surface area contributed by atoms with E-state index in [1.165, 1.54) is 7.11 Å². The maximum atomic E-state index is 14.1. The van der Waals surface area contributed by atoms with Crippen molar-refractivity contribution in [3.05, 3.63) is 11.1 Å². The van der Waals surface area contributed by atoms with Crippen molar-refractivity contribution in [2.24, 2.45) is 45.3 Å². The van der Waals surface area contributed by atoms with E-state index in [4.69, 9.17) is 4.74 Å². The van der Waals surface area contributed by atoms with Crippen LogP contribution in [0.3, 0.4) is 0 Å². The second kappa shape index (κ2) is 9.36. The van der Waals surface area contributed by atoms with Crippen molar-refractivity contribution in [3.8, 4) is 0 Å². The molecule has 0 unspecified atom stereocenters. The highest BCUT2D eigenvalue weighted by atomic mass is 16.5. The van der Waals surface area contributed by atoms with Crippen LogP contribution in [0.2, 0.25) is 0 Å². The van der Waals surface area contributed by atoms with E-state index in [0.717, 1.165) is 0 Å². The number of esters is 1. The number of carbonyl (C=O) groups excluding carboxylic acids is 4. The van der Waals surface area contributed by atoms with Gasteiger partial charge in [-0.25, -0.2) is 0 Å². The first kappa shape index (κ1) is 29.1. The average molecular weight is 531 g/mol. The number of methoxy groups -OCH3 is 1. The van der Waals surface area contributed by atoms with Gasteiger partial charge in [0.05, 0.1) is 25.2 Å². The number of allylic oxidation sites excluding steroid dienone is 1. The van der Waals surface area contributed by atoms with Gasteiger partial charge < -0.3 is 14.9 Å². The van der Waals surface area contributed by atoms with E-state index in [0.29, 0.717) is 30.4 Å². The first-order valence-corrected chi connectivity index (χ1v) is 14.2. The molecule has 2 saturated carbocycles. The van der Waals surface area contributed by atoms with E-state index >= 15 is 0 Å². The fourth-order valence-electron chi connectivity index (χ4n) is 9.31. The van der Waals surface area contributed by atoms with Crippen LogP contribution >= 0.6 is 0 Å². The van der Waals surface area contributed by atoms with Crippen molar-refractivity contribution in [2.45, 2.75) is 106 Å². The number of hydrogen-bond acceptors (Lipinski definition) is 7. The molecule has 0 heterocycles. The number of fused-ring (bicyclic) bond motifs is 4. The van der Waals surface area contributed by atoms with Crippen molar-refractivity contribution in [1.29, 1.82) is 0 Å². The fourth-order valence-corrected chi connectivity index (χ4v) is 9.31. The van der Waals surface area contributed by atoms with Crippen molar-refractivity contribution in [1.82, 2.24) is 0 Å². The molecule has 4 aliphatic rings. The monoisotopic (exact) mass is 530 g/mol. The largest absolute Gasteiger partial charge is 0.469 e. The number of hydrogen-bond donors (Lipinski definition) is 2. The normalized spacial score (nSPS) is 41.6. The Bertz CT molecular complexity index is 1090. The van der Waals surface area contributed by atoms with Crippen molar-refractivity contribution in [2.75, 3.05) is 7.11 Å². The molecule has 0 radical (unpaired) electrons. The summed E-state index contributed by atoms with van der Waals surface area (Å²) in [6, 6.07) is 0. The maximum Gasteiger partial charge on any atom is 0.308 e. The summed E-state index contributed by atoms with van der Waals surface area (Å²) in [4.78, 5) is 52.7. The quantitative estimate of drug-likeness (QED) is 0.494. The zero-order valence-corrected chi connectivity index (χ0v) is 24.3. The van der Waals surface area contributed by atoms with Crippen LogP contribution in [0.15, 0.2) is 11.1 Å². The Morgan fingerprint density at radius 1 is 0.974 bits per heavy atom. The lowest BCUT2D eigenvalue weighted by Gasteiger charge is -2.60. The van der Waals surface area contributed by atoms with Gasteiger partial charge in [-0.3, -0.25) is 19.2 Å². The van der Waals surface area contributed by atoms with Crippen LogP contribution in [0.5, 0.6) is 0 Å². The molecule has 4 rings (SSSR count). The summed E-state index contributed by atoms with van der Waals surface area (Å²) in [7, 11) is 1.31. The van der Waals surface area contributed by atoms with Gasteiger partial charge in [-0.05, 0) is 47.8 Å². The number of aliphatic hydroxyl groups excluding tert-OH is 2. The summed E-state index contributed by atoms with van der Waals surface area (Å²) in [6.07, 6.45) is 1.09. The molecule has 9 atom stereocenters. The van der Waals surface area contributed by atoms with Crippen LogP contribution in [0, 0.1) is 45.3 Å². The summed E-state index contributed by atoms with van der Waals surface area (Å²) >= 11 is 0. The zero-order valence-electron chi connectivity index (χ0n) is 24.3. The van der Waals surface area contributed by atoms with E-state index in [1.807, 2.05) is 34.6 Å². The lowest BCUT2D eigenvalue weighted by atomic mass is 9.42. The number of ether oxygens (including phenoxy) is 1. The molecular weight excluding hydrogens is 484 g/mol. The Morgan fingerprint density at radius 3 is 2.21 bits per heavy atom. The van der Waals surface area contributed by atoms with Gasteiger partial charge in [0, 0.05) is 47.7 Å². The first-order chi connectivity index (χ1) is 17.5. The topological polar surface area (TPSA) is 118 Å². The molecule has 212 valence electrons. The van der Waals surface area contributed by atoms with Crippen molar-refractivity contribution < 1.29 is 34.1 Å². The molecule has 0 aromatic heterocycles. The predicted molar refractivity (Wildman–Crippen MR) is 142 cm³/mol. The minimum absolute atomic E-state index is 0.0235. The molecule has 0 amide bonds. The van der Waals surface area contributed by atoms with E-state index in [-0.39, 0.29) is 60.8 Å². The van der Waals surface area contributed by atoms with E-state index in [9.17, 15) is 29.4 Å². The Morgan fingerprint density at radius 2 is 1.61 bits per heavy atom. The number of aliphatic hydroxyl groups is 2. The lowest BCUT2D eigenvalue weighted by molar-refractivity contribution is -0.146. The minimum atomic E-state index is -0.900. The number of carbonyl (C=O) groups is 4. The Hall–Kier alpha value is -1.86. The third-order valence-electron chi connectivity index (χ3n) is 11.8. The van der Waals surface area contributed by atoms with Gasteiger partial charge in [0.2, 0.25) is 0 Å². The second-order valence-electron chi connectivity index (χ2n) is 14.1. The number of Topliss-reactive ketones (excluding diaryl/α,β-unsaturated/α-hetero) is 3. The predicted octanol–water partition coefficient (Wildman–Crippen LogP) is 4.22. The lowest BCUT2D eigenvalue weighted by Crippen LogP contribution is -2.60. The van der Waals surface area contributed by atoms with E-state index < -0.39 is 45.8 Å². The Kier molecular flexibility index (Phi) is 7.18. The highest BCUT2D eigenvalue weighted by Crippen LogP contribution is 2.71. The summed E-state index contributed by atoms with van der Waals surface area (Å²) in [6.45, 7) is 13.7. The summed E-state index contributed by atoms with van der Waals surface area (Å²) in [5.41, 5.74) is -1.52.